The molecule has 1 aliphatic rings. The fraction of sp³-hybridized carbons (Fsp3) is 0.909. The number of hydrogen-bond acceptors (Lipinski definition) is 3. The van der Waals surface area contributed by atoms with Crippen LogP contribution in [0.15, 0.2) is 0 Å². The van der Waals surface area contributed by atoms with E-state index >= 15 is 0 Å². The van der Waals surface area contributed by atoms with Crippen molar-refractivity contribution in [2.24, 2.45) is 17.2 Å². The zero-order valence-electron chi connectivity index (χ0n) is 10.0. The minimum Gasteiger partial charge on any atom is -0.294 e. The van der Waals surface area contributed by atoms with Gasteiger partial charge in [-0.1, -0.05) is 20.8 Å². The van der Waals surface area contributed by atoms with E-state index in [-0.39, 0.29) is 5.91 Å². The molecule has 0 spiro atoms. The SMILES string of the molecule is CC(C)(C)C1CCN(CC(=O)NN)CC1. The van der Waals surface area contributed by atoms with Gasteiger partial charge >= 0.3 is 0 Å². The van der Waals surface area contributed by atoms with Crippen LogP contribution in [0.3, 0.4) is 0 Å². The standard InChI is InChI=1S/C11H23N3O/c1-11(2,3)9-4-6-14(7-5-9)8-10(15)13-12/h9H,4-8,12H2,1-3H3,(H,13,15). The first-order valence-electron chi connectivity index (χ1n) is 5.65. The van der Waals surface area contributed by atoms with Gasteiger partial charge in [0.25, 0.3) is 0 Å². The van der Waals surface area contributed by atoms with Crippen LogP contribution >= 0.6 is 0 Å². The van der Waals surface area contributed by atoms with E-state index in [4.69, 9.17) is 5.84 Å². The highest BCUT2D eigenvalue weighted by Crippen LogP contribution is 2.33. The summed E-state index contributed by atoms with van der Waals surface area (Å²) >= 11 is 0. The fourth-order valence-electron chi connectivity index (χ4n) is 2.21. The number of nitrogens with two attached hydrogens (primary N) is 1. The van der Waals surface area contributed by atoms with Gasteiger partial charge < -0.3 is 0 Å². The van der Waals surface area contributed by atoms with Crippen molar-refractivity contribution >= 4 is 5.91 Å². The number of likely N-dealkylation sites (tertiary alicyclic amines) is 1. The van der Waals surface area contributed by atoms with Crippen molar-refractivity contribution in [1.82, 2.24) is 10.3 Å². The first kappa shape index (κ1) is 12.5. The van der Waals surface area contributed by atoms with Crippen molar-refractivity contribution in [3.8, 4) is 0 Å². The molecule has 0 aromatic rings. The van der Waals surface area contributed by atoms with E-state index in [0.717, 1.165) is 19.0 Å². The molecule has 1 amide bonds. The Balaban J connectivity index is 2.33. The van der Waals surface area contributed by atoms with Gasteiger partial charge in [0, 0.05) is 0 Å². The van der Waals surface area contributed by atoms with Gasteiger partial charge in [0.2, 0.25) is 5.91 Å². The minimum absolute atomic E-state index is 0.0933. The number of carbonyl (C=O) groups excluding carboxylic acids is 1. The highest BCUT2D eigenvalue weighted by atomic mass is 16.2. The molecule has 1 saturated heterocycles. The van der Waals surface area contributed by atoms with E-state index in [1.165, 1.54) is 12.8 Å². The van der Waals surface area contributed by atoms with E-state index in [2.05, 4.69) is 31.1 Å². The van der Waals surface area contributed by atoms with Crippen LogP contribution in [0, 0.1) is 11.3 Å². The molecule has 0 aliphatic carbocycles. The maximum absolute atomic E-state index is 11.1. The molecule has 0 radical (unpaired) electrons. The van der Waals surface area contributed by atoms with Crippen molar-refractivity contribution in [3.05, 3.63) is 0 Å². The third-order valence-electron chi connectivity index (χ3n) is 3.34. The van der Waals surface area contributed by atoms with Crippen molar-refractivity contribution in [2.45, 2.75) is 33.6 Å². The van der Waals surface area contributed by atoms with Crippen LogP contribution < -0.4 is 11.3 Å². The lowest BCUT2D eigenvalue weighted by molar-refractivity contribution is -0.122. The average Bonchev–Trinajstić information content (AvgIpc) is 2.17. The maximum atomic E-state index is 11.1. The number of rotatable bonds is 2. The summed E-state index contributed by atoms with van der Waals surface area (Å²) < 4.78 is 0. The van der Waals surface area contributed by atoms with E-state index in [1.807, 2.05) is 0 Å². The van der Waals surface area contributed by atoms with Gasteiger partial charge in [0.05, 0.1) is 6.54 Å². The van der Waals surface area contributed by atoms with Crippen LogP contribution in [-0.2, 0) is 4.79 Å². The maximum Gasteiger partial charge on any atom is 0.248 e. The number of hydrogen-bond donors (Lipinski definition) is 2. The van der Waals surface area contributed by atoms with E-state index < -0.39 is 0 Å². The van der Waals surface area contributed by atoms with Gasteiger partial charge in [-0.15, -0.1) is 0 Å². The van der Waals surface area contributed by atoms with Crippen molar-refractivity contribution < 1.29 is 4.79 Å². The molecular weight excluding hydrogens is 190 g/mol. The monoisotopic (exact) mass is 213 g/mol. The van der Waals surface area contributed by atoms with Gasteiger partial charge in [-0.2, -0.15) is 0 Å². The lowest BCUT2D eigenvalue weighted by Crippen LogP contribution is -2.44. The number of hydrazine groups is 1. The van der Waals surface area contributed by atoms with Crippen LogP contribution in [-0.4, -0.2) is 30.4 Å². The fourth-order valence-corrected chi connectivity index (χ4v) is 2.21. The molecule has 15 heavy (non-hydrogen) atoms. The zero-order chi connectivity index (χ0) is 11.5. The second-order valence-electron chi connectivity index (χ2n) is 5.48. The number of piperidine rings is 1. The summed E-state index contributed by atoms with van der Waals surface area (Å²) in [6.07, 6.45) is 2.36. The number of amides is 1. The average molecular weight is 213 g/mol. The highest BCUT2D eigenvalue weighted by molar-refractivity contribution is 5.77. The van der Waals surface area contributed by atoms with Crippen molar-refractivity contribution in [3.63, 3.8) is 0 Å². The topological polar surface area (TPSA) is 58.4 Å². The van der Waals surface area contributed by atoms with Gasteiger partial charge in [-0.25, -0.2) is 5.84 Å². The smallest absolute Gasteiger partial charge is 0.248 e. The first-order chi connectivity index (χ1) is 6.93. The molecule has 0 bridgehead atoms. The van der Waals surface area contributed by atoms with E-state index in [1.54, 1.807) is 0 Å². The minimum atomic E-state index is -0.0933. The van der Waals surface area contributed by atoms with Crippen LogP contribution in [0.2, 0.25) is 0 Å². The molecule has 0 atom stereocenters. The van der Waals surface area contributed by atoms with Gasteiger partial charge in [-0.3, -0.25) is 15.1 Å². The van der Waals surface area contributed by atoms with Gasteiger partial charge in [0.1, 0.15) is 0 Å². The predicted octanol–water partition coefficient (Wildman–Crippen LogP) is 0.734. The summed E-state index contributed by atoms with van der Waals surface area (Å²) in [6.45, 7) is 9.33. The summed E-state index contributed by atoms with van der Waals surface area (Å²) in [4.78, 5) is 13.3. The molecular formula is C11H23N3O. The van der Waals surface area contributed by atoms with Gasteiger partial charge in [0.15, 0.2) is 0 Å². The number of nitrogens with zero attached hydrogens (tertiary/aromatic N) is 1. The molecule has 4 nitrogen and oxygen atoms in total. The lowest BCUT2D eigenvalue weighted by Gasteiger charge is -2.38. The summed E-state index contributed by atoms with van der Waals surface area (Å²) in [5, 5.41) is 0. The number of carbonyl (C=O) groups is 1. The second-order valence-corrected chi connectivity index (χ2v) is 5.48. The highest BCUT2D eigenvalue weighted by Gasteiger charge is 2.28. The predicted molar refractivity (Wildman–Crippen MR) is 60.9 cm³/mol. The van der Waals surface area contributed by atoms with Gasteiger partial charge in [-0.05, 0) is 37.3 Å². The third kappa shape index (κ3) is 3.80. The van der Waals surface area contributed by atoms with E-state index in [0.29, 0.717) is 12.0 Å². The molecule has 1 rings (SSSR count). The largest absolute Gasteiger partial charge is 0.294 e. The third-order valence-corrected chi connectivity index (χ3v) is 3.34. The molecule has 88 valence electrons. The Morgan fingerprint density at radius 1 is 1.40 bits per heavy atom. The molecule has 1 heterocycles. The van der Waals surface area contributed by atoms with Crippen molar-refractivity contribution in [2.75, 3.05) is 19.6 Å². The summed E-state index contributed by atoms with van der Waals surface area (Å²) in [6, 6.07) is 0. The van der Waals surface area contributed by atoms with Crippen molar-refractivity contribution in [1.29, 1.82) is 0 Å². The molecule has 0 saturated carbocycles. The van der Waals surface area contributed by atoms with Crippen LogP contribution in [0.25, 0.3) is 0 Å². The molecule has 1 aliphatic heterocycles. The summed E-state index contributed by atoms with van der Waals surface area (Å²) in [5.74, 6) is 5.74. The summed E-state index contributed by atoms with van der Waals surface area (Å²) in [5.41, 5.74) is 2.56. The second kappa shape index (κ2) is 4.94. The number of nitrogens with one attached hydrogen (secondary N) is 1. The Labute approximate surface area is 92.2 Å². The Hall–Kier alpha value is -0.610. The Morgan fingerprint density at radius 3 is 2.33 bits per heavy atom. The van der Waals surface area contributed by atoms with Crippen LogP contribution in [0.5, 0.6) is 0 Å². The Morgan fingerprint density at radius 2 is 1.93 bits per heavy atom. The first-order valence-corrected chi connectivity index (χ1v) is 5.65. The summed E-state index contributed by atoms with van der Waals surface area (Å²) in [7, 11) is 0. The molecule has 0 unspecified atom stereocenters. The molecule has 4 heteroatoms. The Kier molecular flexibility index (Phi) is 4.11. The molecule has 0 aromatic carbocycles. The normalized spacial score (nSPS) is 20.3. The quantitative estimate of drug-likeness (QED) is 0.404. The molecule has 3 N–H and O–H groups in total. The Bertz CT molecular complexity index is 214. The molecule has 1 fully saturated rings. The van der Waals surface area contributed by atoms with Crippen LogP contribution in [0.4, 0.5) is 0 Å². The zero-order valence-corrected chi connectivity index (χ0v) is 10.0. The lowest BCUT2D eigenvalue weighted by atomic mass is 9.75. The van der Waals surface area contributed by atoms with E-state index in [9.17, 15) is 4.79 Å². The molecule has 0 aromatic heterocycles. The van der Waals surface area contributed by atoms with Crippen LogP contribution in [0.1, 0.15) is 33.6 Å².